The van der Waals surface area contributed by atoms with Gasteiger partial charge in [-0.05, 0) is 30.4 Å². The molecule has 0 aliphatic heterocycles. The fourth-order valence-electron chi connectivity index (χ4n) is 2.52. The molecule has 1 rings (SSSR count). The second kappa shape index (κ2) is 9.03. The van der Waals surface area contributed by atoms with Crippen molar-refractivity contribution in [2.24, 2.45) is 0 Å². The number of aryl methyl sites for hydroxylation is 2. The molecule has 0 aliphatic carbocycles. The van der Waals surface area contributed by atoms with E-state index in [9.17, 15) is 13.2 Å². The molecule has 0 heterocycles. The standard InChI is InChI=1S/C17H28N2O3S/c1-5-12-19(23(4,21)22)13-11-16(20)18-17-14(6-2)9-8-10-15(17)7-3/h8-10H,5-7,11-13H2,1-4H3,(H,18,20). The van der Waals surface area contributed by atoms with Crippen LogP contribution in [-0.4, -0.2) is 38.0 Å². The van der Waals surface area contributed by atoms with Gasteiger partial charge in [-0.15, -0.1) is 0 Å². The lowest BCUT2D eigenvalue weighted by Gasteiger charge is -2.19. The Labute approximate surface area is 140 Å². The van der Waals surface area contributed by atoms with E-state index >= 15 is 0 Å². The van der Waals surface area contributed by atoms with Gasteiger partial charge in [0.05, 0.1) is 6.26 Å². The Morgan fingerprint density at radius 1 is 1.09 bits per heavy atom. The SMILES string of the molecule is CCCN(CCC(=O)Nc1c(CC)cccc1CC)S(C)(=O)=O. The Morgan fingerprint density at radius 3 is 2.09 bits per heavy atom. The van der Waals surface area contributed by atoms with Crippen molar-refractivity contribution in [2.45, 2.75) is 46.5 Å². The number of hydrogen-bond donors (Lipinski definition) is 1. The minimum absolute atomic E-state index is 0.148. The molecular weight excluding hydrogens is 312 g/mol. The van der Waals surface area contributed by atoms with Crippen molar-refractivity contribution in [3.05, 3.63) is 29.3 Å². The number of amides is 1. The molecule has 0 fully saturated rings. The summed E-state index contributed by atoms with van der Waals surface area (Å²) in [6.45, 7) is 6.68. The molecule has 0 atom stereocenters. The molecule has 6 heteroatoms. The summed E-state index contributed by atoms with van der Waals surface area (Å²) in [5, 5.41) is 2.97. The van der Waals surface area contributed by atoms with Crippen molar-refractivity contribution in [3.8, 4) is 0 Å². The number of carbonyl (C=O) groups is 1. The lowest BCUT2D eigenvalue weighted by molar-refractivity contribution is -0.116. The van der Waals surface area contributed by atoms with E-state index in [1.54, 1.807) is 0 Å². The summed E-state index contributed by atoms with van der Waals surface area (Å²) in [6.07, 6.45) is 3.76. The van der Waals surface area contributed by atoms with Crippen LogP contribution < -0.4 is 5.32 Å². The van der Waals surface area contributed by atoms with Gasteiger partial charge in [0.2, 0.25) is 15.9 Å². The van der Waals surface area contributed by atoms with Crippen molar-refractivity contribution in [2.75, 3.05) is 24.7 Å². The minimum atomic E-state index is -3.27. The normalized spacial score (nSPS) is 11.7. The molecule has 1 N–H and O–H groups in total. The van der Waals surface area contributed by atoms with Gasteiger partial charge < -0.3 is 5.32 Å². The molecule has 0 saturated heterocycles. The zero-order chi connectivity index (χ0) is 17.5. The average molecular weight is 340 g/mol. The lowest BCUT2D eigenvalue weighted by Crippen LogP contribution is -2.33. The maximum Gasteiger partial charge on any atom is 0.225 e. The number of benzene rings is 1. The minimum Gasteiger partial charge on any atom is -0.326 e. The number of rotatable bonds is 9. The molecule has 5 nitrogen and oxygen atoms in total. The zero-order valence-electron chi connectivity index (χ0n) is 14.6. The van der Waals surface area contributed by atoms with Crippen LogP contribution in [0.15, 0.2) is 18.2 Å². The van der Waals surface area contributed by atoms with Gasteiger partial charge in [0.15, 0.2) is 0 Å². The van der Waals surface area contributed by atoms with Crippen LogP contribution in [0.1, 0.15) is 44.7 Å². The average Bonchev–Trinajstić information content (AvgIpc) is 2.50. The molecule has 23 heavy (non-hydrogen) atoms. The van der Waals surface area contributed by atoms with Gasteiger partial charge in [0.1, 0.15) is 0 Å². The summed E-state index contributed by atoms with van der Waals surface area (Å²) in [7, 11) is -3.27. The van der Waals surface area contributed by atoms with Crippen LogP contribution in [0.3, 0.4) is 0 Å². The largest absolute Gasteiger partial charge is 0.326 e. The smallest absolute Gasteiger partial charge is 0.225 e. The third kappa shape index (κ3) is 5.95. The van der Waals surface area contributed by atoms with E-state index in [1.807, 2.05) is 25.1 Å². The first-order valence-corrected chi connectivity index (χ1v) is 10.0. The molecule has 0 bridgehead atoms. The van der Waals surface area contributed by atoms with E-state index in [0.29, 0.717) is 6.54 Å². The first-order chi connectivity index (χ1) is 10.8. The van der Waals surface area contributed by atoms with E-state index in [4.69, 9.17) is 0 Å². The highest BCUT2D eigenvalue weighted by Crippen LogP contribution is 2.22. The number of nitrogens with one attached hydrogen (secondary N) is 1. The van der Waals surface area contributed by atoms with Crippen molar-refractivity contribution in [1.82, 2.24) is 4.31 Å². The van der Waals surface area contributed by atoms with Crippen LogP contribution in [0.5, 0.6) is 0 Å². The van der Waals surface area contributed by atoms with Gasteiger partial charge in [-0.1, -0.05) is 39.0 Å². The maximum absolute atomic E-state index is 12.3. The van der Waals surface area contributed by atoms with Crippen LogP contribution in [0, 0.1) is 0 Å². The summed E-state index contributed by atoms with van der Waals surface area (Å²) < 4.78 is 24.7. The summed E-state index contributed by atoms with van der Waals surface area (Å²) >= 11 is 0. The number of hydrogen-bond acceptors (Lipinski definition) is 3. The number of para-hydroxylation sites is 1. The molecule has 0 saturated carbocycles. The van der Waals surface area contributed by atoms with Gasteiger partial charge in [-0.25, -0.2) is 12.7 Å². The van der Waals surface area contributed by atoms with Crippen LogP contribution in [0.2, 0.25) is 0 Å². The predicted molar refractivity (Wildman–Crippen MR) is 95.2 cm³/mol. The highest BCUT2D eigenvalue weighted by molar-refractivity contribution is 7.88. The van der Waals surface area contributed by atoms with E-state index in [-0.39, 0.29) is 18.9 Å². The van der Waals surface area contributed by atoms with Crippen LogP contribution in [-0.2, 0) is 27.7 Å². The molecule has 0 spiro atoms. The Balaban J connectivity index is 2.77. The molecule has 0 aromatic heterocycles. The van der Waals surface area contributed by atoms with Crippen molar-refractivity contribution < 1.29 is 13.2 Å². The molecule has 0 radical (unpaired) electrons. The molecule has 1 amide bonds. The van der Waals surface area contributed by atoms with E-state index in [1.165, 1.54) is 10.6 Å². The van der Waals surface area contributed by atoms with Crippen molar-refractivity contribution in [3.63, 3.8) is 0 Å². The Hall–Kier alpha value is -1.40. The first kappa shape index (κ1) is 19.6. The highest BCUT2D eigenvalue weighted by Gasteiger charge is 2.17. The molecule has 130 valence electrons. The predicted octanol–water partition coefficient (Wildman–Crippen LogP) is 2.81. The maximum atomic E-state index is 12.3. The fraction of sp³-hybridized carbons (Fsp3) is 0.588. The molecule has 1 aromatic rings. The molecule has 0 unspecified atom stereocenters. The fourth-order valence-corrected chi connectivity index (χ4v) is 3.46. The number of sulfonamides is 1. The lowest BCUT2D eigenvalue weighted by atomic mass is 10.0. The first-order valence-electron chi connectivity index (χ1n) is 8.19. The summed E-state index contributed by atoms with van der Waals surface area (Å²) in [5.74, 6) is -0.148. The quantitative estimate of drug-likeness (QED) is 0.752. The van der Waals surface area contributed by atoms with Gasteiger partial charge >= 0.3 is 0 Å². The van der Waals surface area contributed by atoms with Crippen molar-refractivity contribution >= 4 is 21.6 Å². The van der Waals surface area contributed by atoms with Crippen molar-refractivity contribution in [1.29, 1.82) is 0 Å². The Morgan fingerprint density at radius 2 is 1.65 bits per heavy atom. The highest BCUT2D eigenvalue weighted by atomic mass is 32.2. The van der Waals surface area contributed by atoms with Gasteiger partial charge in [-0.2, -0.15) is 0 Å². The van der Waals surface area contributed by atoms with Crippen LogP contribution in [0.25, 0.3) is 0 Å². The molecule has 1 aromatic carbocycles. The second-order valence-corrected chi connectivity index (χ2v) is 7.60. The van der Waals surface area contributed by atoms with Gasteiger partial charge in [0.25, 0.3) is 0 Å². The monoisotopic (exact) mass is 340 g/mol. The summed E-state index contributed by atoms with van der Waals surface area (Å²) in [5.41, 5.74) is 3.08. The Bertz CT molecular complexity index is 604. The van der Waals surface area contributed by atoms with Crippen LogP contribution >= 0.6 is 0 Å². The topological polar surface area (TPSA) is 66.5 Å². The van der Waals surface area contributed by atoms with E-state index in [2.05, 4.69) is 19.2 Å². The zero-order valence-corrected chi connectivity index (χ0v) is 15.4. The third-order valence-electron chi connectivity index (χ3n) is 3.79. The Kier molecular flexibility index (Phi) is 7.72. The number of anilines is 1. The van der Waals surface area contributed by atoms with E-state index < -0.39 is 10.0 Å². The second-order valence-electron chi connectivity index (χ2n) is 5.62. The summed E-state index contributed by atoms with van der Waals surface area (Å²) in [4.78, 5) is 12.3. The molecular formula is C17H28N2O3S. The van der Waals surface area contributed by atoms with Crippen LogP contribution in [0.4, 0.5) is 5.69 Å². The third-order valence-corrected chi connectivity index (χ3v) is 5.10. The van der Waals surface area contributed by atoms with Gasteiger partial charge in [0, 0.05) is 25.2 Å². The number of carbonyl (C=O) groups excluding carboxylic acids is 1. The summed E-state index contributed by atoms with van der Waals surface area (Å²) in [6, 6.07) is 6.02. The van der Waals surface area contributed by atoms with E-state index in [0.717, 1.165) is 36.1 Å². The molecule has 0 aliphatic rings. The van der Waals surface area contributed by atoms with Gasteiger partial charge in [-0.3, -0.25) is 4.79 Å². The number of nitrogens with zero attached hydrogens (tertiary/aromatic N) is 1.